The van der Waals surface area contributed by atoms with Gasteiger partial charge in [-0.2, -0.15) is 5.10 Å². The number of benzene rings is 1. The number of hydrogen-bond donors (Lipinski definition) is 1. The molecule has 0 bridgehead atoms. The predicted molar refractivity (Wildman–Crippen MR) is 72.2 cm³/mol. The van der Waals surface area contributed by atoms with Gasteiger partial charge in [0.2, 0.25) is 0 Å². The van der Waals surface area contributed by atoms with Gasteiger partial charge in [-0.05, 0) is 43.5 Å². The first kappa shape index (κ1) is 12.2. The Morgan fingerprint density at radius 1 is 1.42 bits per heavy atom. The minimum absolute atomic E-state index is 0.0820. The van der Waals surface area contributed by atoms with Crippen molar-refractivity contribution >= 4 is 17.6 Å². The number of hydrogen-bond acceptors (Lipinski definition) is 2. The zero-order chi connectivity index (χ0) is 13.6. The van der Waals surface area contributed by atoms with Crippen LogP contribution in [0.2, 0.25) is 5.02 Å². The Hall–Kier alpha value is -1.81. The predicted octanol–water partition coefficient (Wildman–Crippen LogP) is 3.41. The Morgan fingerprint density at radius 2 is 2.16 bits per heavy atom. The van der Waals surface area contributed by atoms with Gasteiger partial charge >= 0.3 is 5.97 Å². The molecule has 1 aromatic heterocycles. The highest BCUT2D eigenvalue weighted by atomic mass is 35.5. The Bertz CT molecular complexity index is 659. The average molecular weight is 277 g/mol. The van der Waals surface area contributed by atoms with Gasteiger partial charge in [0.05, 0.1) is 5.69 Å². The number of aromatic nitrogens is 2. The van der Waals surface area contributed by atoms with E-state index in [1.807, 2.05) is 25.1 Å². The molecule has 0 spiro atoms. The fourth-order valence-corrected chi connectivity index (χ4v) is 2.27. The van der Waals surface area contributed by atoms with Crippen LogP contribution in [0.5, 0.6) is 0 Å². The molecule has 1 N–H and O–H groups in total. The summed E-state index contributed by atoms with van der Waals surface area (Å²) in [6.07, 6.45) is 2.18. The van der Waals surface area contributed by atoms with Crippen molar-refractivity contribution in [3.05, 3.63) is 46.2 Å². The van der Waals surface area contributed by atoms with Crippen LogP contribution in [-0.2, 0) is 0 Å². The Kier molecular flexibility index (Phi) is 2.82. The molecule has 1 heterocycles. The summed E-state index contributed by atoms with van der Waals surface area (Å²) in [6, 6.07) is 7.30. The number of halogens is 1. The van der Waals surface area contributed by atoms with Gasteiger partial charge in [-0.3, -0.25) is 0 Å². The molecule has 4 nitrogen and oxygen atoms in total. The summed E-state index contributed by atoms with van der Waals surface area (Å²) in [4.78, 5) is 11.1. The van der Waals surface area contributed by atoms with Gasteiger partial charge in [0.1, 0.15) is 0 Å². The second kappa shape index (κ2) is 4.38. The molecule has 1 aromatic carbocycles. The SMILES string of the molecule is Cc1ccc(-n2nc(C(=O)O)cc2C2CC2)cc1Cl. The first-order valence-corrected chi connectivity index (χ1v) is 6.54. The molecule has 98 valence electrons. The number of aromatic carboxylic acids is 1. The number of aryl methyl sites for hydroxylation is 1. The van der Waals surface area contributed by atoms with E-state index in [9.17, 15) is 4.79 Å². The second-order valence-electron chi connectivity index (χ2n) is 4.88. The van der Waals surface area contributed by atoms with E-state index in [0.717, 1.165) is 29.8 Å². The lowest BCUT2D eigenvalue weighted by Crippen LogP contribution is -2.03. The summed E-state index contributed by atoms with van der Waals surface area (Å²) in [6.45, 7) is 1.93. The smallest absolute Gasteiger partial charge is 0.356 e. The average Bonchev–Trinajstić information content (AvgIpc) is 3.11. The molecule has 3 rings (SSSR count). The van der Waals surface area contributed by atoms with E-state index in [1.54, 1.807) is 10.7 Å². The molecule has 2 aromatic rings. The molecule has 0 unspecified atom stereocenters. The minimum Gasteiger partial charge on any atom is -0.476 e. The Balaban J connectivity index is 2.12. The minimum atomic E-state index is -1.00. The highest BCUT2D eigenvalue weighted by Crippen LogP contribution is 2.41. The lowest BCUT2D eigenvalue weighted by Gasteiger charge is -2.08. The van der Waals surface area contributed by atoms with Gasteiger partial charge in [-0.1, -0.05) is 17.7 Å². The number of rotatable bonds is 3. The van der Waals surface area contributed by atoms with Crippen molar-refractivity contribution in [1.29, 1.82) is 0 Å². The lowest BCUT2D eigenvalue weighted by atomic mass is 10.2. The van der Waals surface area contributed by atoms with E-state index >= 15 is 0 Å². The summed E-state index contributed by atoms with van der Waals surface area (Å²) in [5.74, 6) is -0.584. The van der Waals surface area contributed by atoms with Crippen LogP contribution in [0.25, 0.3) is 5.69 Å². The van der Waals surface area contributed by atoms with Crippen molar-refractivity contribution in [1.82, 2.24) is 9.78 Å². The van der Waals surface area contributed by atoms with Crippen LogP contribution >= 0.6 is 11.6 Å². The van der Waals surface area contributed by atoms with E-state index in [1.165, 1.54) is 0 Å². The molecule has 5 heteroatoms. The number of carboxylic acids is 1. The van der Waals surface area contributed by atoms with Crippen LogP contribution < -0.4 is 0 Å². The Morgan fingerprint density at radius 3 is 2.74 bits per heavy atom. The molecule has 1 aliphatic rings. The van der Waals surface area contributed by atoms with Crippen molar-refractivity contribution in [2.75, 3.05) is 0 Å². The van der Waals surface area contributed by atoms with Crippen LogP contribution in [0.4, 0.5) is 0 Å². The normalized spacial score (nSPS) is 14.6. The van der Waals surface area contributed by atoms with Crippen LogP contribution in [0.3, 0.4) is 0 Å². The summed E-state index contributed by atoms with van der Waals surface area (Å²) in [5, 5.41) is 13.9. The van der Waals surface area contributed by atoms with Crippen molar-refractivity contribution in [2.24, 2.45) is 0 Å². The van der Waals surface area contributed by atoms with E-state index in [2.05, 4.69) is 5.10 Å². The van der Waals surface area contributed by atoms with Gasteiger partial charge < -0.3 is 5.11 Å². The molecule has 0 saturated heterocycles. The van der Waals surface area contributed by atoms with Gasteiger partial charge in [0.15, 0.2) is 5.69 Å². The van der Waals surface area contributed by atoms with Crippen molar-refractivity contribution in [2.45, 2.75) is 25.7 Å². The molecule has 1 aliphatic carbocycles. The lowest BCUT2D eigenvalue weighted by molar-refractivity contribution is 0.0690. The fraction of sp³-hybridized carbons (Fsp3) is 0.286. The summed E-state index contributed by atoms with van der Waals surface area (Å²) >= 11 is 6.12. The highest BCUT2D eigenvalue weighted by Gasteiger charge is 2.29. The molecular weight excluding hydrogens is 264 g/mol. The molecule has 0 atom stereocenters. The third-order valence-corrected chi connectivity index (χ3v) is 3.76. The van der Waals surface area contributed by atoms with Crippen molar-refractivity contribution in [3.8, 4) is 5.69 Å². The first-order chi connectivity index (χ1) is 9.06. The molecule has 19 heavy (non-hydrogen) atoms. The zero-order valence-corrected chi connectivity index (χ0v) is 11.2. The molecule has 1 saturated carbocycles. The summed E-state index contributed by atoms with van der Waals surface area (Å²) < 4.78 is 1.70. The van der Waals surface area contributed by atoms with Crippen LogP contribution in [0, 0.1) is 6.92 Å². The van der Waals surface area contributed by atoms with Gasteiger partial charge in [0, 0.05) is 16.6 Å². The largest absolute Gasteiger partial charge is 0.476 e. The number of nitrogens with zero attached hydrogens (tertiary/aromatic N) is 2. The molecular formula is C14H13ClN2O2. The van der Waals surface area contributed by atoms with E-state index in [4.69, 9.17) is 16.7 Å². The van der Waals surface area contributed by atoms with Gasteiger partial charge in [-0.15, -0.1) is 0 Å². The second-order valence-corrected chi connectivity index (χ2v) is 5.29. The van der Waals surface area contributed by atoms with Gasteiger partial charge in [-0.25, -0.2) is 9.48 Å². The summed E-state index contributed by atoms with van der Waals surface area (Å²) in [7, 11) is 0. The van der Waals surface area contributed by atoms with Crippen molar-refractivity contribution in [3.63, 3.8) is 0 Å². The van der Waals surface area contributed by atoms with Gasteiger partial charge in [0.25, 0.3) is 0 Å². The van der Waals surface area contributed by atoms with Crippen LogP contribution in [0.1, 0.15) is 40.5 Å². The third-order valence-electron chi connectivity index (χ3n) is 3.35. The van der Waals surface area contributed by atoms with E-state index in [-0.39, 0.29) is 5.69 Å². The first-order valence-electron chi connectivity index (χ1n) is 6.16. The maximum absolute atomic E-state index is 11.1. The highest BCUT2D eigenvalue weighted by molar-refractivity contribution is 6.31. The monoisotopic (exact) mass is 276 g/mol. The third kappa shape index (κ3) is 2.24. The standard InChI is InChI=1S/C14H13ClN2O2/c1-8-2-5-10(6-11(8)15)17-13(9-3-4-9)7-12(16-17)14(18)19/h2,5-7,9H,3-4H2,1H3,(H,18,19). The maximum atomic E-state index is 11.1. The molecule has 0 amide bonds. The quantitative estimate of drug-likeness (QED) is 0.935. The maximum Gasteiger partial charge on any atom is 0.356 e. The Labute approximate surface area is 115 Å². The number of carboxylic acid groups (broad SMARTS) is 1. The fourth-order valence-electron chi connectivity index (χ4n) is 2.09. The summed E-state index contributed by atoms with van der Waals surface area (Å²) in [5.41, 5.74) is 2.84. The molecule has 1 fully saturated rings. The topological polar surface area (TPSA) is 55.1 Å². The van der Waals surface area contributed by atoms with Crippen LogP contribution in [-0.4, -0.2) is 20.9 Å². The molecule has 0 radical (unpaired) electrons. The number of carbonyl (C=O) groups is 1. The zero-order valence-electron chi connectivity index (χ0n) is 10.4. The van der Waals surface area contributed by atoms with E-state index in [0.29, 0.717) is 10.9 Å². The molecule has 0 aliphatic heterocycles. The van der Waals surface area contributed by atoms with Crippen LogP contribution in [0.15, 0.2) is 24.3 Å². The van der Waals surface area contributed by atoms with E-state index < -0.39 is 5.97 Å². The van der Waals surface area contributed by atoms with Crippen molar-refractivity contribution < 1.29 is 9.90 Å².